The van der Waals surface area contributed by atoms with Crippen LogP contribution in [0, 0.1) is 11.3 Å². The maximum Gasteiger partial charge on any atom is 0.336 e. The number of hydrogen-bond acceptors (Lipinski definition) is 20. The van der Waals surface area contributed by atoms with E-state index in [1.807, 2.05) is 6.08 Å². The fraction of sp³-hybridized carbons (Fsp3) is 0.373. The molecule has 2 aromatic heterocycles. The molecule has 0 amide bonds. The Morgan fingerprint density at radius 2 is 1.74 bits per heavy atom. The zero-order chi connectivity index (χ0) is 51.6. The van der Waals surface area contributed by atoms with E-state index < -0.39 is 106 Å². The minimum absolute atomic E-state index is 0.0160. The van der Waals surface area contributed by atoms with Crippen molar-refractivity contribution < 1.29 is 74.1 Å². The van der Waals surface area contributed by atoms with Gasteiger partial charge in [0.05, 0.1) is 12.4 Å². The van der Waals surface area contributed by atoms with Crippen LogP contribution < -0.4 is 47.1 Å². The van der Waals surface area contributed by atoms with E-state index in [0.717, 1.165) is 30.5 Å². The van der Waals surface area contributed by atoms with Crippen LogP contribution in [0.4, 0.5) is 5.82 Å². The molecule has 5 heterocycles. The van der Waals surface area contributed by atoms with Gasteiger partial charge in [-0.1, -0.05) is 36.6 Å². The zero-order valence-corrected chi connectivity index (χ0v) is 39.0. The van der Waals surface area contributed by atoms with Crippen molar-refractivity contribution in [3.05, 3.63) is 129 Å². The van der Waals surface area contributed by atoms with Crippen molar-refractivity contribution in [1.82, 2.24) is 20.9 Å². The number of rotatable bonds is 15. The number of hydrogen-bond donors (Lipinski definition) is 15. The van der Waals surface area contributed by atoms with Gasteiger partial charge in [0.2, 0.25) is 18.3 Å². The lowest BCUT2D eigenvalue weighted by Crippen LogP contribution is -2.80. The molecule has 3 aromatic carbocycles. The Hall–Kier alpha value is -7.12. The van der Waals surface area contributed by atoms with E-state index in [2.05, 4.69) is 20.9 Å². The first-order valence-electron chi connectivity index (χ1n) is 23.7. The van der Waals surface area contributed by atoms with E-state index in [4.69, 9.17) is 34.8 Å². The van der Waals surface area contributed by atoms with Crippen molar-refractivity contribution in [2.45, 2.75) is 79.9 Å². The van der Waals surface area contributed by atoms with Crippen LogP contribution in [0.5, 0.6) is 28.7 Å². The minimum atomic E-state index is -2.77. The van der Waals surface area contributed by atoms with Gasteiger partial charge < -0.3 is 96.4 Å². The van der Waals surface area contributed by atoms with Crippen LogP contribution in [0.25, 0.3) is 22.3 Å². The predicted octanol–water partition coefficient (Wildman–Crippen LogP) is 1.30. The van der Waals surface area contributed by atoms with E-state index in [9.17, 15) is 55.5 Å². The van der Waals surface area contributed by atoms with Crippen molar-refractivity contribution in [2.24, 2.45) is 17.1 Å². The van der Waals surface area contributed by atoms with Crippen molar-refractivity contribution in [2.75, 3.05) is 32.1 Å². The van der Waals surface area contributed by atoms with E-state index in [-0.39, 0.29) is 35.0 Å². The van der Waals surface area contributed by atoms with Crippen molar-refractivity contribution in [3.8, 4) is 40.1 Å². The summed E-state index contributed by atoms with van der Waals surface area (Å²) in [5.41, 5.74) is 6.29. The third kappa shape index (κ3) is 8.58. The van der Waals surface area contributed by atoms with E-state index >= 15 is 0 Å². The monoisotopic (exact) mass is 1010 g/mol. The quantitative estimate of drug-likeness (QED) is 0.0519. The number of aliphatic hydroxyl groups excluding tert-OH is 4. The number of aromatic nitrogens is 1. The number of aromatic hydroxyl groups is 2. The third-order valence-corrected chi connectivity index (χ3v) is 14.7. The molecule has 2 bridgehead atoms. The minimum Gasteiger partial charge on any atom is -0.508 e. The van der Waals surface area contributed by atoms with Crippen LogP contribution in [-0.2, 0) is 9.53 Å². The molecular formula is C51H56N6O16. The summed E-state index contributed by atoms with van der Waals surface area (Å²) in [5, 5.41) is 113. The number of aliphatic hydroxyl groups is 6. The SMILES string of the molecule is NC1=CC(C2(C3=CC4(O)C(Oc5cc6oc(-c7ccc(OC(CO)C(O)c8ccc(N)[nH]8)cc7)cc(=O)c6c(O)c5OC(O)c5cccc(O)c5)OC(C(=O)O)C(O)(C3C3CNCN3)C4O)CCCC2)=CCN1. The van der Waals surface area contributed by atoms with E-state index in [1.165, 1.54) is 54.6 Å². The van der Waals surface area contributed by atoms with Gasteiger partial charge in [0.25, 0.3) is 0 Å². The highest BCUT2D eigenvalue weighted by atomic mass is 16.7. The number of fused-ring (bicyclic) bond motifs is 3. The number of anilines is 1. The number of aliphatic carboxylic acids is 1. The second kappa shape index (κ2) is 19.1. The van der Waals surface area contributed by atoms with Gasteiger partial charge in [-0.25, -0.2) is 4.79 Å². The standard InChI is InChI=1S/C51H56N6O16/c52-37-11-10-30(57-37)41(61)36(22-58)69-28-8-6-24(7-9-28)33-18-32(60)39-34(70-33)19-35(43(42(39)62)72-46(65)25-4-3-5-27(59)16-25)71-48-50(67)20-29(49(13-1-2-14-49)26-12-15-55-38(53)17-26)40(31-21-54-23-56-31)51(68,47(50)66)44(73-48)45(63)64/h3-12,16-20,31,36,40-41,44,46-48,54-59,61-62,65-68H,1-2,13-15,21-23,52-53H2,(H,63,64). The molecule has 0 spiro atoms. The maximum atomic E-state index is 14.0. The number of nitrogen functional groups attached to an aromatic ring is 1. The Labute approximate surface area is 415 Å². The fourth-order valence-corrected chi connectivity index (χ4v) is 11.2. The number of carboxylic acids is 1. The molecule has 5 aromatic rings. The summed E-state index contributed by atoms with van der Waals surface area (Å²) in [6.45, 7) is 0.346. The van der Waals surface area contributed by atoms with Crippen LogP contribution in [0.2, 0.25) is 0 Å². The molecule has 2 saturated heterocycles. The van der Waals surface area contributed by atoms with Gasteiger partial charge >= 0.3 is 5.97 Å². The molecule has 10 unspecified atom stereocenters. The number of carbonyl (C=O) groups is 1. The molecule has 22 heteroatoms. The Balaban J connectivity index is 1.09. The van der Waals surface area contributed by atoms with Crippen LogP contribution in [0.3, 0.4) is 0 Å². The normalized spacial score (nSPS) is 27.8. The molecule has 17 N–H and O–H groups in total. The van der Waals surface area contributed by atoms with Gasteiger partial charge in [0.15, 0.2) is 34.7 Å². The largest absolute Gasteiger partial charge is 0.508 e. The molecule has 3 aliphatic heterocycles. The van der Waals surface area contributed by atoms with Crippen LogP contribution in [0.15, 0.2) is 117 Å². The summed E-state index contributed by atoms with van der Waals surface area (Å²) < 4.78 is 30.5. The third-order valence-electron chi connectivity index (χ3n) is 14.7. The molecule has 22 nitrogen and oxygen atoms in total. The van der Waals surface area contributed by atoms with Gasteiger partial charge in [-0.3, -0.25) is 10.1 Å². The molecule has 3 fully saturated rings. The number of nitrogens with two attached hydrogens (primary N) is 2. The highest BCUT2D eigenvalue weighted by Crippen LogP contribution is 2.61. The van der Waals surface area contributed by atoms with E-state index in [1.54, 1.807) is 18.2 Å². The Morgan fingerprint density at radius 3 is 2.40 bits per heavy atom. The first-order chi connectivity index (χ1) is 34.9. The number of carboxylic acid groups (broad SMARTS) is 1. The van der Waals surface area contributed by atoms with Crippen molar-refractivity contribution >= 4 is 22.8 Å². The van der Waals surface area contributed by atoms with Gasteiger partial charge in [-0.15, -0.1) is 0 Å². The number of H-pyrrole nitrogens is 1. The average Bonchev–Trinajstić information content (AvgIpc) is 4.18. The van der Waals surface area contributed by atoms with E-state index in [0.29, 0.717) is 54.5 Å². The summed E-state index contributed by atoms with van der Waals surface area (Å²) in [6, 6.07) is 15.9. The molecule has 10 atom stereocenters. The molecule has 2 aliphatic carbocycles. The molecule has 73 heavy (non-hydrogen) atoms. The molecule has 10 rings (SSSR count). The van der Waals surface area contributed by atoms with Gasteiger partial charge in [0, 0.05) is 66.1 Å². The number of benzene rings is 3. The van der Waals surface area contributed by atoms with Crippen LogP contribution >= 0.6 is 0 Å². The number of phenols is 2. The number of allylic oxidation sites excluding steroid dienone is 2. The number of phenolic OH excluding ortho intramolecular Hbond substituents is 2. The first-order valence-corrected chi connectivity index (χ1v) is 23.7. The zero-order valence-electron chi connectivity index (χ0n) is 39.0. The molecule has 1 saturated carbocycles. The lowest BCUT2D eigenvalue weighted by Gasteiger charge is -2.60. The average molecular weight is 1010 g/mol. The summed E-state index contributed by atoms with van der Waals surface area (Å²) in [7, 11) is 0. The summed E-state index contributed by atoms with van der Waals surface area (Å²) in [6.07, 6.45) is -3.63. The lowest BCUT2D eigenvalue weighted by molar-refractivity contribution is -0.345. The first kappa shape index (κ1) is 49.5. The summed E-state index contributed by atoms with van der Waals surface area (Å²) in [5.74, 6) is -4.55. The maximum absolute atomic E-state index is 14.0. The van der Waals surface area contributed by atoms with Crippen LogP contribution in [0.1, 0.15) is 49.3 Å². The Morgan fingerprint density at radius 1 is 0.973 bits per heavy atom. The van der Waals surface area contributed by atoms with Gasteiger partial charge in [0.1, 0.15) is 51.9 Å². The number of ether oxygens (including phenoxy) is 4. The number of dihydropyridines is 1. The molecule has 386 valence electrons. The second-order valence-corrected chi connectivity index (χ2v) is 19.1. The summed E-state index contributed by atoms with van der Waals surface area (Å²) in [4.78, 5) is 30.3. The smallest absolute Gasteiger partial charge is 0.336 e. The molecule has 0 radical (unpaired) electrons. The Bertz CT molecular complexity index is 3070. The number of nitrogens with one attached hydrogen (secondary N) is 4. The fourth-order valence-electron chi connectivity index (χ4n) is 11.2. The topological polar surface area (TPSA) is 370 Å². The van der Waals surface area contributed by atoms with Crippen molar-refractivity contribution in [3.63, 3.8) is 0 Å². The highest BCUT2D eigenvalue weighted by molar-refractivity contribution is 5.89. The van der Waals surface area contributed by atoms with Crippen LogP contribution in [-0.4, -0.2) is 125 Å². The molecule has 5 aliphatic rings. The second-order valence-electron chi connectivity index (χ2n) is 19.1. The van der Waals surface area contributed by atoms with Crippen molar-refractivity contribution in [1.29, 1.82) is 0 Å². The predicted molar refractivity (Wildman–Crippen MR) is 258 cm³/mol. The number of aromatic amines is 1. The summed E-state index contributed by atoms with van der Waals surface area (Å²) >= 11 is 0. The van der Waals surface area contributed by atoms with Gasteiger partial charge in [-0.05, 0) is 79.1 Å². The van der Waals surface area contributed by atoms with Gasteiger partial charge in [-0.2, -0.15) is 0 Å². The lowest BCUT2D eigenvalue weighted by atomic mass is 9.53. The highest BCUT2D eigenvalue weighted by Gasteiger charge is 2.73. The Kier molecular flexibility index (Phi) is 12.9. The molecular weight excluding hydrogens is 953 g/mol.